The molecule has 6 N–H and O–H groups in total. The summed E-state index contributed by atoms with van der Waals surface area (Å²) in [6, 6.07) is 9.38. The molecular weight excluding hydrogens is 749 g/mol. The number of carbonyl (C=O) groups excluding carboxylic acids is 1. The number of aliphatic hydroxyl groups excluding tert-OH is 1. The first kappa shape index (κ1) is 44.0. The van der Waals surface area contributed by atoms with Crippen LogP contribution in [0, 0.1) is 23.2 Å². The van der Waals surface area contributed by atoms with Crippen LogP contribution >= 0.6 is 21.6 Å². The van der Waals surface area contributed by atoms with Gasteiger partial charge in [-0.1, -0.05) is 66.3 Å². The number of unbranched alkanes of at least 4 members (excludes halogenated alkanes) is 2. The van der Waals surface area contributed by atoms with E-state index in [-0.39, 0.29) is 35.0 Å². The second kappa shape index (κ2) is 21.1. The van der Waals surface area contributed by atoms with Gasteiger partial charge in [-0.15, -0.1) is 0 Å². The zero-order valence-corrected chi connectivity index (χ0v) is 35.5. The van der Waals surface area contributed by atoms with Gasteiger partial charge in [0.05, 0.1) is 18.7 Å². The number of anilines is 1. The zero-order chi connectivity index (χ0) is 40.1. The van der Waals surface area contributed by atoms with E-state index < -0.39 is 17.3 Å². The van der Waals surface area contributed by atoms with Crippen molar-refractivity contribution in [3.05, 3.63) is 53.6 Å². The summed E-state index contributed by atoms with van der Waals surface area (Å²) in [5, 5.41) is 42.4. The first-order valence-electron chi connectivity index (χ1n) is 20.3. The highest BCUT2D eigenvalue weighted by atomic mass is 33.1. The van der Waals surface area contributed by atoms with E-state index in [0.717, 1.165) is 74.7 Å². The topological polar surface area (TPSA) is 154 Å². The lowest BCUT2D eigenvalue weighted by atomic mass is 9.70. The number of phenols is 2. The molecule has 2 bridgehead atoms. The molecule has 2 aliphatic carbocycles. The number of hydrogen-bond donors (Lipinski definition) is 6. The number of guanidine groups is 1. The smallest absolute Gasteiger partial charge is 0.196 e. The van der Waals surface area contributed by atoms with E-state index >= 15 is 0 Å². The summed E-state index contributed by atoms with van der Waals surface area (Å²) >= 11 is 0. The van der Waals surface area contributed by atoms with Crippen molar-refractivity contribution in [1.29, 1.82) is 0 Å². The van der Waals surface area contributed by atoms with Crippen LogP contribution in [0.4, 0.5) is 5.69 Å². The number of carbonyl (C=O) groups is 1. The van der Waals surface area contributed by atoms with Crippen molar-refractivity contribution in [2.75, 3.05) is 51.8 Å². The summed E-state index contributed by atoms with van der Waals surface area (Å²) in [7, 11) is 10.1. The van der Waals surface area contributed by atoms with Crippen molar-refractivity contribution < 1.29 is 34.3 Å². The van der Waals surface area contributed by atoms with E-state index in [2.05, 4.69) is 33.9 Å². The normalized spacial score (nSPS) is 27.3. The quantitative estimate of drug-likeness (QED) is 0.0477. The molecule has 0 saturated heterocycles. The number of hydrogen-bond acceptors (Lipinski definition) is 11. The average molecular weight is 813 g/mol. The largest absolute Gasteiger partial charge is 0.504 e. The van der Waals surface area contributed by atoms with Crippen molar-refractivity contribution in [3.63, 3.8) is 0 Å². The molecule has 13 heteroatoms. The first-order valence-corrected chi connectivity index (χ1v) is 22.8. The Hall–Kier alpha value is -3.10. The lowest BCUT2D eigenvalue weighted by Crippen LogP contribution is -2.43. The molecule has 3 aliphatic rings. The number of nitrogens with one attached hydrogen (secondary N) is 3. The number of aliphatic hydroxyl groups is 1. The van der Waals surface area contributed by atoms with Crippen LogP contribution in [0.25, 0.3) is 0 Å². The second-order valence-corrected chi connectivity index (χ2v) is 18.4. The van der Waals surface area contributed by atoms with Gasteiger partial charge in [-0.05, 0) is 118 Å². The molecule has 0 amide bonds. The average Bonchev–Trinajstić information content (AvgIpc) is 3.78. The van der Waals surface area contributed by atoms with Crippen LogP contribution in [0.15, 0.2) is 47.5 Å². The number of nitrogens with zero attached hydrogens (tertiary/aromatic N) is 1. The van der Waals surface area contributed by atoms with Gasteiger partial charge in [0.25, 0.3) is 0 Å². The minimum absolute atomic E-state index is 0.0152. The van der Waals surface area contributed by atoms with Crippen molar-refractivity contribution in [2.24, 2.45) is 28.2 Å². The Kier molecular flexibility index (Phi) is 16.6. The van der Waals surface area contributed by atoms with Crippen LogP contribution < -0.4 is 25.4 Å². The Morgan fingerprint density at radius 3 is 2.68 bits per heavy atom. The Labute approximate surface area is 341 Å². The number of fused-ring (bicyclic) bond motifs is 3. The number of ketones is 1. The molecule has 6 atom stereocenters. The predicted octanol–water partition coefficient (Wildman–Crippen LogP) is 7.83. The number of benzene rings is 2. The number of likely N-dealkylation sites (N-methyl/N-ethyl adjacent to an activating group) is 1. The van der Waals surface area contributed by atoms with Gasteiger partial charge in [-0.25, -0.2) is 0 Å². The molecule has 5 rings (SSSR count). The maximum Gasteiger partial charge on any atom is 0.196 e. The summed E-state index contributed by atoms with van der Waals surface area (Å²) in [4.78, 5) is 19.2. The molecule has 2 aromatic carbocycles. The number of allylic oxidation sites excluding steroid dienone is 2. The highest BCUT2D eigenvalue weighted by Gasteiger charge is 2.47. The van der Waals surface area contributed by atoms with Gasteiger partial charge in [0, 0.05) is 38.3 Å². The molecule has 2 fully saturated rings. The maximum absolute atomic E-state index is 14.7. The molecular formula is C43H64N4O7S2. The Morgan fingerprint density at radius 2 is 1.93 bits per heavy atom. The fraction of sp³-hybridized carbons (Fsp3) is 0.628. The summed E-state index contributed by atoms with van der Waals surface area (Å²) in [5.41, 5.74) is 1.32. The third-order valence-electron chi connectivity index (χ3n) is 12.0. The van der Waals surface area contributed by atoms with Gasteiger partial charge in [0.15, 0.2) is 41.0 Å². The molecule has 0 spiro atoms. The molecule has 310 valence electrons. The van der Waals surface area contributed by atoms with Crippen molar-refractivity contribution in [1.82, 2.24) is 10.6 Å². The Balaban J connectivity index is 1.52. The summed E-state index contributed by atoms with van der Waals surface area (Å²) in [5.74, 6) is 3.50. The maximum atomic E-state index is 14.7. The molecule has 1 aliphatic heterocycles. The molecule has 6 unspecified atom stereocenters. The molecule has 56 heavy (non-hydrogen) atoms. The van der Waals surface area contributed by atoms with Crippen LogP contribution in [-0.2, 0) is 22.4 Å². The molecule has 0 aromatic heterocycles. The number of methoxy groups -OCH3 is 2. The van der Waals surface area contributed by atoms with Gasteiger partial charge >= 0.3 is 0 Å². The molecule has 11 nitrogen and oxygen atoms in total. The highest BCUT2D eigenvalue weighted by Crippen LogP contribution is 2.50. The second-order valence-electron chi connectivity index (χ2n) is 15.9. The van der Waals surface area contributed by atoms with Crippen molar-refractivity contribution in [3.8, 4) is 23.0 Å². The van der Waals surface area contributed by atoms with Gasteiger partial charge in [-0.3, -0.25) is 9.79 Å². The van der Waals surface area contributed by atoms with Gasteiger partial charge < -0.3 is 45.5 Å². The Bertz CT molecular complexity index is 1660. The van der Waals surface area contributed by atoms with Gasteiger partial charge in [0.1, 0.15) is 5.60 Å². The fourth-order valence-electron chi connectivity index (χ4n) is 9.00. The minimum Gasteiger partial charge on any atom is -0.504 e. The third kappa shape index (κ3) is 11.3. The third-order valence-corrected chi connectivity index (χ3v) is 14.2. The van der Waals surface area contributed by atoms with Crippen LogP contribution in [0.1, 0.15) is 88.7 Å². The van der Waals surface area contributed by atoms with Crippen LogP contribution in [-0.4, -0.2) is 85.4 Å². The number of aromatic hydroxyl groups is 2. The van der Waals surface area contributed by atoms with E-state index in [1.165, 1.54) is 7.11 Å². The summed E-state index contributed by atoms with van der Waals surface area (Å²) < 4.78 is 17.5. The summed E-state index contributed by atoms with van der Waals surface area (Å²) in [6.45, 7) is 2.79. The number of phenolic OH excluding ortho intramolecular Hbond substituents is 2. The molecule has 2 saturated carbocycles. The zero-order valence-electron chi connectivity index (χ0n) is 33.9. The molecule has 1 heterocycles. The fourth-order valence-corrected chi connectivity index (χ4v) is 11.2. The van der Waals surface area contributed by atoms with Gasteiger partial charge in [-0.2, -0.15) is 0 Å². The van der Waals surface area contributed by atoms with Crippen LogP contribution in [0.5, 0.6) is 23.0 Å². The van der Waals surface area contributed by atoms with E-state index in [1.807, 2.05) is 37.4 Å². The SMILES string of the molecule is CCCCCC1C=CC(=O)C2(Cc3ccc(O)c(OC)c3)CCCC2CSSCNC(=NC)Nc2cc(cc(OC3(CNC)CCC(CC(O)OC)C3)c2O)C1. The summed E-state index contributed by atoms with van der Waals surface area (Å²) in [6.07, 6.45) is 14.2. The van der Waals surface area contributed by atoms with Crippen LogP contribution in [0.3, 0.4) is 0 Å². The number of aliphatic imine (C=N–C) groups is 1. The van der Waals surface area contributed by atoms with Crippen LogP contribution in [0.2, 0.25) is 0 Å². The minimum atomic E-state index is -0.825. The number of rotatable bonds is 14. The van der Waals surface area contributed by atoms with E-state index in [0.29, 0.717) is 61.3 Å². The first-order chi connectivity index (χ1) is 27.1. The van der Waals surface area contributed by atoms with Crippen molar-refractivity contribution in [2.45, 2.75) is 102 Å². The molecule has 0 radical (unpaired) electrons. The molecule has 2 aromatic rings. The van der Waals surface area contributed by atoms with E-state index in [4.69, 9.17) is 14.2 Å². The van der Waals surface area contributed by atoms with Crippen molar-refractivity contribution >= 4 is 39.0 Å². The van der Waals surface area contributed by atoms with Gasteiger partial charge in [0.2, 0.25) is 0 Å². The Morgan fingerprint density at radius 1 is 1.09 bits per heavy atom. The monoisotopic (exact) mass is 812 g/mol. The lowest BCUT2D eigenvalue weighted by Gasteiger charge is -2.34. The number of ether oxygens (including phenoxy) is 3. The van der Waals surface area contributed by atoms with E-state index in [1.54, 1.807) is 41.8 Å². The standard InChI is InChI=1S/C43H64N4O7S2/c1-6-7-8-10-29-13-15-38(49)43(25-30-12-14-35(48)36(21-30)52-4)17-9-11-33(43)26-55-56-28-46-41(45-3)47-34-20-32(19-29)22-37(40(34)51)54-42(27-44-2)18-16-31(24-42)23-39(50)53-5/h12-15,20-22,29,31,33,39,44,48,50-51H,6-11,16-19,23-28H2,1-5H3,(H2,45,46,47). The lowest BCUT2D eigenvalue weighted by molar-refractivity contribution is -0.125. The highest BCUT2D eigenvalue weighted by molar-refractivity contribution is 8.76. The predicted molar refractivity (Wildman–Crippen MR) is 229 cm³/mol. The van der Waals surface area contributed by atoms with E-state index in [9.17, 15) is 20.1 Å².